The van der Waals surface area contributed by atoms with Gasteiger partial charge in [0.15, 0.2) is 0 Å². The third kappa shape index (κ3) is 4.32. The summed E-state index contributed by atoms with van der Waals surface area (Å²) in [6.45, 7) is 10.6. The number of carbonyl (C=O) groups excluding carboxylic acids is 2. The highest BCUT2D eigenvalue weighted by Crippen LogP contribution is 2.29. The lowest BCUT2D eigenvalue weighted by molar-refractivity contribution is 0.0242. The molecule has 0 bridgehead atoms. The number of aryl methyl sites for hydroxylation is 2. The quantitative estimate of drug-likeness (QED) is 0.746. The number of hydrogen-bond donors (Lipinski definition) is 0. The molecule has 0 aliphatic carbocycles. The first-order valence-electron chi connectivity index (χ1n) is 9.46. The maximum atomic E-state index is 13.2. The number of amides is 2. The predicted octanol–water partition coefficient (Wildman–Crippen LogP) is 4.10. The van der Waals surface area contributed by atoms with Crippen molar-refractivity contribution in [1.82, 2.24) is 9.88 Å². The number of carbonyl (C=O) groups is 2. The van der Waals surface area contributed by atoms with Gasteiger partial charge in [0.2, 0.25) is 0 Å². The third-order valence-corrected chi connectivity index (χ3v) is 4.67. The first kappa shape index (κ1) is 19.9. The van der Waals surface area contributed by atoms with E-state index in [0.29, 0.717) is 25.2 Å². The van der Waals surface area contributed by atoms with Crippen molar-refractivity contribution >= 4 is 17.7 Å². The van der Waals surface area contributed by atoms with Crippen LogP contribution in [0.4, 0.5) is 10.5 Å². The molecule has 1 aliphatic heterocycles. The summed E-state index contributed by atoms with van der Waals surface area (Å²) in [5.41, 5.74) is 3.65. The number of aromatic nitrogens is 1. The van der Waals surface area contributed by atoms with Crippen molar-refractivity contribution in [2.24, 2.45) is 0 Å². The topological polar surface area (TPSA) is 62.7 Å². The van der Waals surface area contributed by atoms with Gasteiger partial charge < -0.3 is 14.5 Å². The SMILES string of the molecule is Cc1ccc(C(=O)N2CCN(C(=O)OC(C)(C)C)Cc3c(C)cccc32)cn1. The van der Waals surface area contributed by atoms with Crippen LogP contribution in [0.5, 0.6) is 0 Å². The number of fused-ring (bicyclic) bond motifs is 1. The van der Waals surface area contributed by atoms with Crippen LogP contribution in [0.25, 0.3) is 0 Å². The highest BCUT2D eigenvalue weighted by Gasteiger charge is 2.30. The summed E-state index contributed by atoms with van der Waals surface area (Å²) in [7, 11) is 0. The van der Waals surface area contributed by atoms with Crippen LogP contribution < -0.4 is 4.90 Å². The molecule has 0 saturated heterocycles. The van der Waals surface area contributed by atoms with Crippen LogP contribution >= 0.6 is 0 Å². The Morgan fingerprint density at radius 2 is 1.82 bits per heavy atom. The number of nitrogens with zero attached hydrogens (tertiary/aromatic N) is 3. The summed E-state index contributed by atoms with van der Waals surface area (Å²) in [5.74, 6) is -0.120. The highest BCUT2D eigenvalue weighted by atomic mass is 16.6. The number of benzene rings is 1. The fourth-order valence-electron chi connectivity index (χ4n) is 3.20. The van der Waals surface area contributed by atoms with E-state index < -0.39 is 5.60 Å². The molecule has 0 saturated carbocycles. The number of anilines is 1. The first-order chi connectivity index (χ1) is 13.2. The van der Waals surface area contributed by atoms with E-state index >= 15 is 0 Å². The van der Waals surface area contributed by atoms with Gasteiger partial charge in [0.05, 0.1) is 12.1 Å². The van der Waals surface area contributed by atoms with Gasteiger partial charge in [0.25, 0.3) is 5.91 Å². The predicted molar refractivity (Wildman–Crippen MR) is 108 cm³/mol. The first-order valence-corrected chi connectivity index (χ1v) is 9.46. The van der Waals surface area contributed by atoms with Gasteiger partial charge in [-0.15, -0.1) is 0 Å². The second kappa shape index (κ2) is 7.62. The van der Waals surface area contributed by atoms with Gasteiger partial charge in [-0.05, 0) is 63.9 Å². The molecule has 0 fully saturated rings. The normalized spacial score (nSPS) is 14.3. The Balaban J connectivity index is 1.94. The van der Waals surface area contributed by atoms with E-state index in [-0.39, 0.29) is 12.0 Å². The van der Waals surface area contributed by atoms with Gasteiger partial charge in [-0.25, -0.2) is 4.79 Å². The van der Waals surface area contributed by atoms with E-state index in [1.54, 1.807) is 22.1 Å². The molecule has 2 aromatic rings. The van der Waals surface area contributed by atoms with Crippen LogP contribution in [0.2, 0.25) is 0 Å². The van der Waals surface area contributed by atoms with Crippen molar-refractivity contribution in [2.75, 3.05) is 18.0 Å². The van der Waals surface area contributed by atoms with Gasteiger partial charge >= 0.3 is 6.09 Å². The number of hydrogen-bond acceptors (Lipinski definition) is 4. The fourth-order valence-corrected chi connectivity index (χ4v) is 3.20. The summed E-state index contributed by atoms with van der Waals surface area (Å²) in [6.07, 6.45) is 1.23. The lowest BCUT2D eigenvalue weighted by Gasteiger charge is -2.26. The molecular formula is C22H27N3O3. The molecule has 28 heavy (non-hydrogen) atoms. The van der Waals surface area contributed by atoms with Crippen LogP contribution in [0, 0.1) is 13.8 Å². The van der Waals surface area contributed by atoms with Gasteiger partial charge in [0.1, 0.15) is 5.60 Å². The van der Waals surface area contributed by atoms with Crippen LogP contribution in [0.1, 0.15) is 48.0 Å². The Morgan fingerprint density at radius 3 is 2.46 bits per heavy atom. The molecule has 1 aromatic carbocycles. The second-order valence-corrected chi connectivity index (χ2v) is 8.12. The Morgan fingerprint density at radius 1 is 1.07 bits per heavy atom. The average Bonchev–Trinajstić information content (AvgIpc) is 2.81. The van der Waals surface area contributed by atoms with Gasteiger partial charge in [-0.3, -0.25) is 9.78 Å². The zero-order valence-electron chi connectivity index (χ0n) is 17.2. The van der Waals surface area contributed by atoms with Gasteiger partial charge in [-0.1, -0.05) is 12.1 Å². The van der Waals surface area contributed by atoms with E-state index in [1.807, 2.05) is 58.9 Å². The molecular weight excluding hydrogens is 354 g/mol. The van der Waals surface area contributed by atoms with Crippen LogP contribution in [-0.4, -0.2) is 40.6 Å². The molecule has 1 aromatic heterocycles. The van der Waals surface area contributed by atoms with Crippen molar-refractivity contribution in [3.8, 4) is 0 Å². The van der Waals surface area contributed by atoms with E-state index in [4.69, 9.17) is 4.74 Å². The summed E-state index contributed by atoms with van der Waals surface area (Å²) in [5, 5.41) is 0. The second-order valence-electron chi connectivity index (χ2n) is 8.12. The minimum Gasteiger partial charge on any atom is -0.444 e. The average molecular weight is 381 g/mol. The van der Waals surface area contributed by atoms with Crippen LogP contribution in [0.3, 0.4) is 0 Å². The molecule has 1 aliphatic rings. The third-order valence-electron chi connectivity index (χ3n) is 4.67. The van der Waals surface area contributed by atoms with Crippen molar-refractivity contribution in [3.05, 3.63) is 58.9 Å². The standard InChI is InChI=1S/C22H27N3O3/c1-15-7-6-8-19-18(15)14-24(21(27)28-22(3,4)5)11-12-25(19)20(26)17-10-9-16(2)23-13-17/h6-10,13H,11-12,14H2,1-5H3. The Hall–Kier alpha value is -2.89. The molecule has 0 unspecified atom stereocenters. The van der Waals surface area contributed by atoms with Gasteiger partial charge in [0, 0.05) is 30.7 Å². The summed E-state index contributed by atoms with van der Waals surface area (Å²) < 4.78 is 5.55. The van der Waals surface area contributed by atoms with E-state index in [2.05, 4.69) is 4.98 Å². The molecule has 6 nitrogen and oxygen atoms in total. The molecule has 3 rings (SSSR count). The smallest absolute Gasteiger partial charge is 0.410 e. The van der Waals surface area contributed by atoms with Crippen molar-refractivity contribution in [2.45, 2.75) is 46.8 Å². The maximum absolute atomic E-state index is 13.2. The van der Waals surface area contributed by atoms with E-state index in [1.165, 1.54) is 0 Å². The Labute approximate surface area is 166 Å². The Bertz CT molecular complexity index is 885. The number of ether oxygens (including phenoxy) is 1. The number of pyridine rings is 1. The monoisotopic (exact) mass is 381 g/mol. The molecule has 0 N–H and O–H groups in total. The molecule has 0 radical (unpaired) electrons. The number of rotatable bonds is 1. The van der Waals surface area contributed by atoms with E-state index in [0.717, 1.165) is 22.5 Å². The van der Waals surface area contributed by atoms with Crippen LogP contribution in [0.15, 0.2) is 36.5 Å². The molecule has 6 heteroatoms. The molecule has 0 spiro atoms. The van der Waals surface area contributed by atoms with E-state index in [9.17, 15) is 9.59 Å². The lowest BCUT2D eigenvalue weighted by Crippen LogP contribution is -2.40. The minimum atomic E-state index is -0.568. The molecule has 2 heterocycles. The molecule has 2 amide bonds. The highest BCUT2D eigenvalue weighted by molar-refractivity contribution is 6.06. The summed E-state index contributed by atoms with van der Waals surface area (Å²) >= 11 is 0. The zero-order valence-corrected chi connectivity index (χ0v) is 17.2. The lowest BCUT2D eigenvalue weighted by atomic mass is 10.0. The largest absolute Gasteiger partial charge is 0.444 e. The van der Waals surface area contributed by atoms with Crippen LogP contribution in [-0.2, 0) is 11.3 Å². The fraction of sp³-hybridized carbons (Fsp3) is 0.409. The zero-order chi connectivity index (χ0) is 20.5. The van der Waals surface area contributed by atoms with Crippen molar-refractivity contribution < 1.29 is 14.3 Å². The molecule has 0 atom stereocenters. The molecule has 148 valence electrons. The Kier molecular flexibility index (Phi) is 5.40. The summed E-state index contributed by atoms with van der Waals surface area (Å²) in [6, 6.07) is 9.48. The maximum Gasteiger partial charge on any atom is 0.410 e. The van der Waals surface area contributed by atoms with Crippen molar-refractivity contribution in [3.63, 3.8) is 0 Å². The van der Waals surface area contributed by atoms with Crippen molar-refractivity contribution in [1.29, 1.82) is 0 Å². The minimum absolute atomic E-state index is 0.120. The van der Waals surface area contributed by atoms with Gasteiger partial charge in [-0.2, -0.15) is 0 Å². The summed E-state index contributed by atoms with van der Waals surface area (Å²) in [4.78, 5) is 33.5.